The van der Waals surface area contributed by atoms with Crippen LogP contribution in [0, 0.1) is 6.92 Å². The number of benzene rings is 2. The molecule has 0 spiro atoms. The van der Waals surface area contributed by atoms with Gasteiger partial charge in [0.2, 0.25) is 0 Å². The summed E-state index contributed by atoms with van der Waals surface area (Å²) >= 11 is 1.64. The molecule has 0 unspecified atom stereocenters. The molecule has 1 aliphatic heterocycles. The van der Waals surface area contributed by atoms with Crippen molar-refractivity contribution < 1.29 is 14.6 Å². The number of aromatic nitrogens is 2. The zero-order valence-electron chi connectivity index (χ0n) is 15.7. The summed E-state index contributed by atoms with van der Waals surface area (Å²) in [6.07, 6.45) is 4.75. The summed E-state index contributed by atoms with van der Waals surface area (Å²) in [6, 6.07) is 16.2. The molecule has 1 fully saturated rings. The van der Waals surface area contributed by atoms with Gasteiger partial charge in [0.1, 0.15) is 5.82 Å². The second-order valence-electron chi connectivity index (χ2n) is 6.97. The van der Waals surface area contributed by atoms with E-state index in [0.29, 0.717) is 26.1 Å². The van der Waals surface area contributed by atoms with Gasteiger partial charge in [-0.2, -0.15) is 0 Å². The number of imidazole rings is 1. The molecule has 1 N–H and O–H groups in total. The van der Waals surface area contributed by atoms with Crippen molar-refractivity contribution in [3.63, 3.8) is 0 Å². The second-order valence-corrected chi connectivity index (χ2v) is 8.11. The summed E-state index contributed by atoms with van der Waals surface area (Å²) in [7, 11) is 0. The molecule has 1 aromatic heterocycles. The van der Waals surface area contributed by atoms with Crippen LogP contribution in [0.25, 0.3) is 5.69 Å². The van der Waals surface area contributed by atoms with Gasteiger partial charge in [0.15, 0.2) is 0 Å². The van der Waals surface area contributed by atoms with E-state index in [0.717, 1.165) is 26.9 Å². The van der Waals surface area contributed by atoms with Gasteiger partial charge in [-0.05, 0) is 61.7 Å². The maximum Gasteiger partial charge on any atom is 0.314 e. The van der Waals surface area contributed by atoms with Crippen molar-refractivity contribution in [2.75, 3.05) is 13.2 Å². The summed E-state index contributed by atoms with van der Waals surface area (Å²) in [5.74, 6) is 0.182. The molecule has 1 saturated heterocycles. The number of aliphatic carboxylic acids is 1. The number of ether oxygens (including phenoxy) is 1. The summed E-state index contributed by atoms with van der Waals surface area (Å²) in [5, 5.41) is 9.90. The predicted octanol–water partition coefficient (Wildman–Crippen LogP) is 4.46. The maximum absolute atomic E-state index is 12.1. The molecule has 28 heavy (non-hydrogen) atoms. The minimum atomic E-state index is -0.850. The lowest BCUT2D eigenvalue weighted by Gasteiger charge is -2.33. The number of nitrogens with zero attached hydrogens (tertiary/aromatic N) is 2. The van der Waals surface area contributed by atoms with Crippen molar-refractivity contribution in [2.45, 2.75) is 35.0 Å². The molecule has 4 rings (SSSR count). The number of rotatable bonds is 5. The Morgan fingerprint density at radius 3 is 2.54 bits per heavy atom. The highest BCUT2D eigenvalue weighted by Crippen LogP contribution is 2.38. The highest BCUT2D eigenvalue weighted by Gasteiger charge is 2.41. The van der Waals surface area contributed by atoms with Crippen molar-refractivity contribution in [2.24, 2.45) is 0 Å². The Kier molecular flexibility index (Phi) is 5.24. The van der Waals surface area contributed by atoms with Gasteiger partial charge in [-0.1, -0.05) is 23.9 Å². The van der Waals surface area contributed by atoms with E-state index in [4.69, 9.17) is 4.74 Å². The normalized spacial score (nSPS) is 16.0. The Morgan fingerprint density at radius 1 is 1.14 bits per heavy atom. The molecule has 1 aliphatic rings. The maximum atomic E-state index is 12.1. The molecule has 0 amide bonds. The lowest BCUT2D eigenvalue weighted by atomic mass is 9.74. The predicted molar refractivity (Wildman–Crippen MR) is 108 cm³/mol. The standard InChI is InChI=1S/C22H22N2O3S/c1-16-23-11-12-24(16)18-5-7-19(8-6-18)28-20-4-2-3-17(15-20)22(21(25)26)9-13-27-14-10-22/h2-8,11-12,15H,9-10,13-14H2,1H3,(H,25,26). The molecular formula is C22H22N2O3S. The number of carboxylic acid groups (broad SMARTS) is 1. The van der Waals surface area contributed by atoms with Crippen LogP contribution in [0.3, 0.4) is 0 Å². The van der Waals surface area contributed by atoms with E-state index in [9.17, 15) is 9.90 Å². The fourth-order valence-corrected chi connectivity index (χ4v) is 4.54. The Morgan fingerprint density at radius 2 is 1.89 bits per heavy atom. The second kappa shape index (κ2) is 7.81. The zero-order valence-corrected chi connectivity index (χ0v) is 16.5. The first-order valence-corrected chi connectivity index (χ1v) is 10.1. The van der Waals surface area contributed by atoms with Gasteiger partial charge < -0.3 is 14.4 Å². The van der Waals surface area contributed by atoms with Crippen molar-refractivity contribution in [3.05, 3.63) is 72.3 Å². The van der Waals surface area contributed by atoms with Crippen molar-refractivity contribution in [3.8, 4) is 5.69 Å². The Labute approximate surface area is 168 Å². The molecule has 2 heterocycles. The molecule has 2 aromatic carbocycles. The van der Waals surface area contributed by atoms with E-state index in [1.165, 1.54) is 0 Å². The Balaban J connectivity index is 1.57. The van der Waals surface area contributed by atoms with Crippen LogP contribution in [-0.4, -0.2) is 33.8 Å². The number of aryl methyl sites for hydroxylation is 1. The van der Waals surface area contributed by atoms with E-state index in [1.54, 1.807) is 18.0 Å². The summed E-state index contributed by atoms with van der Waals surface area (Å²) in [6.45, 7) is 2.94. The van der Waals surface area contributed by atoms with Crippen LogP contribution in [0.5, 0.6) is 0 Å². The molecule has 0 atom stereocenters. The van der Waals surface area contributed by atoms with Crippen LogP contribution in [0.1, 0.15) is 24.2 Å². The third-order valence-electron chi connectivity index (χ3n) is 5.32. The third-order valence-corrected chi connectivity index (χ3v) is 6.32. The van der Waals surface area contributed by atoms with Crippen LogP contribution < -0.4 is 0 Å². The molecule has 3 aromatic rings. The number of carbonyl (C=O) groups is 1. The monoisotopic (exact) mass is 394 g/mol. The van der Waals surface area contributed by atoms with Crippen molar-refractivity contribution >= 4 is 17.7 Å². The number of hydrogen-bond acceptors (Lipinski definition) is 4. The van der Waals surface area contributed by atoms with Crippen LogP contribution in [0.15, 0.2) is 70.7 Å². The van der Waals surface area contributed by atoms with Crippen molar-refractivity contribution in [1.29, 1.82) is 0 Å². The molecule has 0 bridgehead atoms. The molecule has 0 saturated carbocycles. The lowest BCUT2D eigenvalue weighted by molar-refractivity contribution is -0.147. The first-order valence-electron chi connectivity index (χ1n) is 9.28. The van der Waals surface area contributed by atoms with E-state index < -0.39 is 11.4 Å². The van der Waals surface area contributed by atoms with Gasteiger partial charge in [0, 0.05) is 41.1 Å². The van der Waals surface area contributed by atoms with Crippen LogP contribution in [-0.2, 0) is 14.9 Å². The van der Waals surface area contributed by atoms with Crippen LogP contribution in [0.4, 0.5) is 0 Å². The summed E-state index contributed by atoms with van der Waals surface area (Å²) in [5.41, 5.74) is 1.08. The van der Waals surface area contributed by atoms with Gasteiger partial charge in [0.25, 0.3) is 0 Å². The van der Waals surface area contributed by atoms with E-state index in [-0.39, 0.29) is 0 Å². The summed E-state index contributed by atoms with van der Waals surface area (Å²) in [4.78, 5) is 18.5. The third kappa shape index (κ3) is 3.57. The van der Waals surface area contributed by atoms with Gasteiger partial charge in [-0.25, -0.2) is 4.98 Å². The topological polar surface area (TPSA) is 64.4 Å². The first-order chi connectivity index (χ1) is 13.6. The molecule has 6 heteroatoms. The lowest BCUT2D eigenvalue weighted by Crippen LogP contribution is -2.41. The summed E-state index contributed by atoms with van der Waals surface area (Å²) < 4.78 is 7.44. The van der Waals surface area contributed by atoms with E-state index >= 15 is 0 Å². The van der Waals surface area contributed by atoms with Gasteiger partial charge >= 0.3 is 5.97 Å². The highest BCUT2D eigenvalue weighted by atomic mass is 32.2. The van der Waals surface area contributed by atoms with E-state index in [2.05, 4.69) is 29.2 Å². The molecular weight excluding hydrogens is 372 g/mol. The van der Waals surface area contributed by atoms with Crippen LogP contribution >= 0.6 is 11.8 Å². The molecule has 144 valence electrons. The molecule has 0 radical (unpaired) electrons. The van der Waals surface area contributed by atoms with Gasteiger partial charge in [-0.15, -0.1) is 0 Å². The number of hydrogen-bond donors (Lipinski definition) is 1. The molecule has 5 nitrogen and oxygen atoms in total. The first kappa shape index (κ1) is 18.8. The zero-order chi connectivity index (χ0) is 19.6. The molecule has 0 aliphatic carbocycles. The quantitative estimate of drug-likeness (QED) is 0.692. The Bertz CT molecular complexity index is 975. The smallest absolute Gasteiger partial charge is 0.314 e. The van der Waals surface area contributed by atoms with Crippen LogP contribution in [0.2, 0.25) is 0 Å². The van der Waals surface area contributed by atoms with Gasteiger partial charge in [0.05, 0.1) is 5.41 Å². The van der Waals surface area contributed by atoms with E-state index in [1.807, 2.05) is 42.0 Å². The average molecular weight is 394 g/mol. The highest BCUT2D eigenvalue weighted by molar-refractivity contribution is 7.99. The minimum Gasteiger partial charge on any atom is -0.481 e. The largest absolute Gasteiger partial charge is 0.481 e. The van der Waals surface area contributed by atoms with Gasteiger partial charge in [-0.3, -0.25) is 4.79 Å². The Hall–Kier alpha value is -2.57. The fraction of sp³-hybridized carbons (Fsp3) is 0.273. The number of carboxylic acids is 1. The average Bonchev–Trinajstić information content (AvgIpc) is 3.15. The van der Waals surface area contributed by atoms with Crippen molar-refractivity contribution in [1.82, 2.24) is 9.55 Å². The SMILES string of the molecule is Cc1nccn1-c1ccc(Sc2cccc(C3(C(=O)O)CCOCC3)c2)cc1. The minimum absolute atomic E-state index is 0.485. The fourth-order valence-electron chi connectivity index (χ4n) is 3.66.